The van der Waals surface area contributed by atoms with Gasteiger partial charge in [0.15, 0.2) is 12.3 Å². The van der Waals surface area contributed by atoms with Crippen molar-refractivity contribution in [3.63, 3.8) is 0 Å². The Balaban J connectivity index is 1.48. The first-order valence-electron chi connectivity index (χ1n) is 15.6. The van der Waals surface area contributed by atoms with Crippen molar-refractivity contribution >= 4 is 44.8 Å². The van der Waals surface area contributed by atoms with E-state index in [-0.39, 0.29) is 10.8 Å². The highest BCUT2D eigenvalue weighted by molar-refractivity contribution is 9.08. The lowest BCUT2D eigenvalue weighted by Gasteiger charge is -2.27. The summed E-state index contributed by atoms with van der Waals surface area (Å²) in [5.74, 6) is 0. The van der Waals surface area contributed by atoms with E-state index in [9.17, 15) is 0 Å². The van der Waals surface area contributed by atoms with Crippen LogP contribution in [0, 0.1) is 0 Å². The number of anilines is 1. The van der Waals surface area contributed by atoms with Gasteiger partial charge in [-0.25, -0.2) is 0 Å². The van der Waals surface area contributed by atoms with Crippen LogP contribution in [0.2, 0.25) is 0 Å². The molecule has 222 valence electrons. The molecule has 0 unspecified atom stereocenters. The van der Waals surface area contributed by atoms with Gasteiger partial charge in [-0.3, -0.25) is 4.34 Å². The molecular formula is C37H46BrClN3+. The zero-order valence-electron chi connectivity index (χ0n) is 25.9. The second kappa shape index (κ2) is 13.1. The molecule has 5 rings (SSSR count). The van der Waals surface area contributed by atoms with Crippen molar-refractivity contribution in [2.24, 2.45) is 0 Å². The molecule has 0 bridgehead atoms. The first-order valence-corrected chi connectivity index (χ1v) is 16.8. The van der Waals surface area contributed by atoms with E-state index < -0.39 is 0 Å². The third-order valence-corrected chi connectivity index (χ3v) is 10.2. The number of allylic oxidation sites excluding steroid dienone is 8. The molecule has 0 spiro atoms. The lowest BCUT2D eigenvalue weighted by atomic mass is 9.81. The standard InChI is InChI=1S/C37H46BrClN3/c1-6-7-25-41-31-18-10-8-16-29(31)36(2,3)33(41)22-20-27-14-12-15-28(35(27)39)21-23-34-37(4,5)30-17-9-11-19-32(30)42(34)26-13-24-40-38/h8-11,16-23,40H,6-7,12-15,24-26H2,1-5H3/q+1. The third kappa shape index (κ3) is 5.87. The van der Waals surface area contributed by atoms with Crippen LogP contribution in [-0.4, -0.2) is 29.9 Å². The van der Waals surface area contributed by atoms with Crippen molar-refractivity contribution < 1.29 is 4.58 Å². The van der Waals surface area contributed by atoms with Crippen LogP contribution in [0.25, 0.3) is 0 Å². The van der Waals surface area contributed by atoms with Crippen molar-refractivity contribution in [3.8, 4) is 0 Å². The molecule has 0 saturated heterocycles. The van der Waals surface area contributed by atoms with Gasteiger partial charge in [0, 0.05) is 75.2 Å². The average Bonchev–Trinajstić information content (AvgIpc) is 3.33. The summed E-state index contributed by atoms with van der Waals surface area (Å²) in [4.78, 5) is 2.54. The number of fused-ring (bicyclic) bond motifs is 2. The van der Waals surface area contributed by atoms with Crippen molar-refractivity contribution in [3.05, 3.63) is 106 Å². The predicted molar refractivity (Wildman–Crippen MR) is 185 cm³/mol. The molecule has 0 aromatic heterocycles. The minimum atomic E-state index is -0.0648. The van der Waals surface area contributed by atoms with Crippen molar-refractivity contribution in [1.29, 1.82) is 0 Å². The summed E-state index contributed by atoms with van der Waals surface area (Å²) >= 11 is 10.5. The first-order chi connectivity index (χ1) is 20.2. The maximum atomic E-state index is 7.18. The third-order valence-electron chi connectivity index (χ3n) is 9.33. The lowest BCUT2D eigenvalue weighted by molar-refractivity contribution is -0.437. The monoisotopic (exact) mass is 646 g/mol. The number of nitrogens with one attached hydrogen (secondary N) is 1. The summed E-state index contributed by atoms with van der Waals surface area (Å²) in [6.07, 6.45) is 15.8. The Bertz CT molecular complexity index is 1470. The normalized spacial score (nSPS) is 21.3. The molecule has 42 heavy (non-hydrogen) atoms. The SMILES string of the molecule is CCCCN1C(=CC=C2CCCC(C=CC3=[N+](CCCNBr)c4ccccc4C3(C)C)=C2Cl)C(C)(C)c2ccccc21. The van der Waals surface area contributed by atoms with Crippen LogP contribution >= 0.6 is 27.7 Å². The molecule has 0 atom stereocenters. The van der Waals surface area contributed by atoms with Crippen LogP contribution in [0.1, 0.15) is 84.3 Å². The smallest absolute Gasteiger partial charge is 0.209 e. The van der Waals surface area contributed by atoms with Gasteiger partial charge in [0.05, 0.1) is 5.41 Å². The van der Waals surface area contributed by atoms with Crippen molar-refractivity contribution in [1.82, 2.24) is 4.34 Å². The van der Waals surface area contributed by atoms with Gasteiger partial charge in [-0.15, -0.1) is 0 Å². The van der Waals surface area contributed by atoms with Crippen LogP contribution in [0.3, 0.4) is 0 Å². The van der Waals surface area contributed by atoms with E-state index in [0.717, 1.165) is 50.3 Å². The second-order valence-electron chi connectivity index (χ2n) is 12.8. The minimum absolute atomic E-state index is 0.0392. The topological polar surface area (TPSA) is 18.3 Å². The number of halogens is 2. The van der Waals surface area contributed by atoms with Gasteiger partial charge in [0.2, 0.25) is 5.69 Å². The van der Waals surface area contributed by atoms with E-state index in [1.54, 1.807) is 0 Å². The second-order valence-corrected chi connectivity index (χ2v) is 13.8. The molecule has 0 amide bonds. The average molecular weight is 648 g/mol. The summed E-state index contributed by atoms with van der Waals surface area (Å²) in [6.45, 7) is 14.6. The molecule has 2 aliphatic heterocycles. The first kappa shape index (κ1) is 31.0. The largest absolute Gasteiger partial charge is 0.344 e. The van der Waals surface area contributed by atoms with Gasteiger partial charge < -0.3 is 4.90 Å². The fourth-order valence-electron chi connectivity index (χ4n) is 6.95. The highest BCUT2D eigenvalue weighted by Crippen LogP contribution is 2.48. The van der Waals surface area contributed by atoms with E-state index in [1.807, 2.05) is 0 Å². The van der Waals surface area contributed by atoms with Crippen LogP contribution in [0.15, 0.2) is 94.7 Å². The Hall–Kier alpha value is -2.40. The molecule has 3 aliphatic rings. The molecule has 5 heteroatoms. The Morgan fingerprint density at radius 1 is 0.929 bits per heavy atom. The maximum absolute atomic E-state index is 7.18. The number of hydrogen-bond acceptors (Lipinski definition) is 2. The Morgan fingerprint density at radius 2 is 1.67 bits per heavy atom. The molecular weight excluding hydrogens is 602 g/mol. The number of nitrogens with zero attached hydrogens (tertiary/aromatic N) is 2. The molecule has 1 aliphatic carbocycles. The van der Waals surface area contributed by atoms with E-state index in [1.165, 1.54) is 57.9 Å². The van der Waals surface area contributed by atoms with Gasteiger partial charge in [0.25, 0.3) is 0 Å². The fourth-order valence-corrected chi connectivity index (χ4v) is 7.55. The van der Waals surface area contributed by atoms with Crippen molar-refractivity contribution in [2.45, 2.75) is 84.0 Å². The summed E-state index contributed by atoms with van der Waals surface area (Å²) in [7, 11) is 0. The van der Waals surface area contributed by atoms with Gasteiger partial charge in [-0.05, 0) is 68.4 Å². The quantitative estimate of drug-likeness (QED) is 0.157. The van der Waals surface area contributed by atoms with Crippen molar-refractivity contribution in [2.75, 3.05) is 24.5 Å². The molecule has 1 N–H and O–H groups in total. The lowest BCUT2D eigenvalue weighted by Crippen LogP contribution is -2.28. The summed E-state index contributed by atoms with van der Waals surface area (Å²) in [5.41, 5.74) is 10.6. The minimum Gasteiger partial charge on any atom is -0.344 e. The van der Waals surface area contributed by atoms with Gasteiger partial charge >= 0.3 is 0 Å². The summed E-state index contributed by atoms with van der Waals surface area (Å²) < 4.78 is 5.62. The number of para-hydroxylation sites is 2. The Labute approximate surface area is 267 Å². The van der Waals surface area contributed by atoms with E-state index in [2.05, 4.69) is 137 Å². The van der Waals surface area contributed by atoms with Crippen LogP contribution in [0.4, 0.5) is 11.4 Å². The number of unbranched alkanes of at least 4 members (excludes halogenated alkanes) is 1. The van der Waals surface area contributed by atoms with E-state index >= 15 is 0 Å². The van der Waals surface area contributed by atoms with E-state index in [4.69, 9.17) is 11.6 Å². The Morgan fingerprint density at radius 3 is 2.43 bits per heavy atom. The molecule has 0 radical (unpaired) electrons. The molecule has 0 saturated carbocycles. The zero-order chi connectivity index (χ0) is 29.9. The molecule has 3 nitrogen and oxygen atoms in total. The molecule has 2 aromatic rings. The molecule has 0 fully saturated rings. The number of benzene rings is 2. The highest BCUT2D eigenvalue weighted by atomic mass is 79.9. The zero-order valence-corrected chi connectivity index (χ0v) is 28.3. The van der Waals surface area contributed by atoms with Crippen LogP contribution in [-0.2, 0) is 10.8 Å². The molecule has 2 heterocycles. The van der Waals surface area contributed by atoms with Gasteiger partial charge in [-0.1, -0.05) is 87.3 Å². The summed E-state index contributed by atoms with van der Waals surface area (Å²) in [5, 5.41) is 0.923. The maximum Gasteiger partial charge on any atom is 0.209 e. The number of hydrogen-bond donors (Lipinski definition) is 1. The van der Waals surface area contributed by atoms with E-state index in [0.29, 0.717) is 0 Å². The molecule has 2 aromatic carbocycles. The van der Waals surface area contributed by atoms with Crippen LogP contribution < -0.4 is 9.24 Å². The highest BCUT2D eigenvalue weighted by Gasteiger charge is 2.44. The Kier molecular flexibility index (Phi) is 9.66. The fraction of sp³-hybridized carbons (Fsp3) is 0.432. The number of rotatable bonds is 10. The summed E-state index contributed by atoms with van der Waals surface area (Å²) in [6, 6.07) is 17.7. The predicted octanol–water partition coefficient (Wildman–Crippen LogP) is 9.99. The van der Waals surface area contributed by atoms with Crippen LogP contribution in [0.5, 0.6) is 0 Å². The van der Waals surface area contributed by atoms with Gasteiger partial charge in [0.1, 0.15) is 0 Å². The van der Waals surface area contributed by atoms with Gasteiger partial charge in [-0.2, -0.15) is 4.58 Å².